The van der Waals surface area contributed by atoms with Crippen molar-refractivity contribution in [3.63, 3.8) is 0 Å². The molecule has 1 aliphatic rings. The van der Waals surface area contributed by atoms with Gasteiger partial charge in [-0.3, -0.25) is 0 Å². The van der Waals surface area contributed by atoms with Crippen LogP contribution in [0.15, 0.2) is 212 Å². The van der Waals surface area contributed by atoms with Gasteiger partial charge in [0.25, 0.3) is 0 Å². The number of nitrogens with zero attached hydrogens (tertiary/aromatic N) is 3. The Morgan fingerprint density at radius 3 is 1.69 bits per heavy atom. The topological polar surface area (TPSA) is 13.1 Å². The van der Waals surface area contributed by atoms with Crippen LogP contribution in [0.25, 0.3) is 98.4 Å². The van der Waals surface area contributed by atoms with Gasteiger partial charge >= 0.3 is 0 Å². The van der Waals surface area contributed by atoms with Crippen LogP contribution in [-0.4, -0.2) is 9.13 Å². The second kappa shape index (κ2) is 12.9. The average Bonchev–Trinajstić information content (AvgIpc) is 3.94. The largest absolute Gasteiger partial charge is 0.310 e. The van der Waals surface area contributed by atoms with E-state index in [0.717, 1.165) is 28.4 Å². The van der Waals surface area contributed by atoms with Crippen LogP contribution >= 0.6 is 0 Å². The Labute approximate surface area is 370 Å². The van der Waals surface area contributed by atoms with Crippen molar-refractivity contribution >= 4 is 93.0 Å². The third-order valence-electron chi connectivity index (χ3n) is 14.4. The fourth-order valence-electron chi connectivity index (χ4n) is 11.5. The molecule has 11 aromatic carbocycles. The fraction of sp³-hybridized carbons (Fsp3) is 0.0492. The summed E-state index contributed by atoms with van der Waals surface area (Å²) in [6.07, 6.45) is 0. The molecule has 0 spiro atoms. The summed E-state index contributed by atoms with van der Waals surface area (Å²) in [5.74, 6) is 0. The Kier molecular flexibility index (Phi) is 7.17. The molecule has 13 aromatic rings. The Hall–Kier alpha value is -8.14. The molecule has 2 aromatic heterocycles. The van der Waals surface area contributed by atoms with E-state index in [-0.39, 0.29) is 5.41 Å². The van der Waals surface area contributed by atoms with Gasteiger partial charge in [0.2, 0.25) is 0 Å². The Bertz CT molecular complexity index is 3970. The highest BCUT2D eigenvalue weighted by Crippen LogP contribution is 2.51. The molecule has 0 amide bonds. The summed E-state index contributed by atoms with van der Waals surface area (Å²) >= 11 is 0. The number of rotatable bonds is 5. The molecular weight excluding hydrogens is 775 g/mol. The Morgan fingerprint density at radius 2 is 0.906 bits per heavy atom. The van der Waals surface area contributed by atoms with Gasteiger partial charge in [0.05, 0.1) is 22.1 Å². The summed E-state index contributed by atoms with van der Waals surface area (Å²) < 4.78 is 4.86. The van der Waals surface area contributed by atoms with E-state index in [1.165, 1.54) is 98.2 Å². The molecule has 3 nitrogen and oxygen atoms in total. The molecule has 2 heterocycles. The maximum atomic E-state index is 2.47. The van der Waals surface area contributed by atoms with E-state index in [4.69, 9.17) is 0 Å². The lowest BCUT2D eigenvalue weighted by atomic mass is 9.82. The molecule has 1 aliphatic carbocycles. The van der Waals surface area contributed by atoms with E-state index in [1.54, 1.807) is 0 Å². The van der Waals surface area contributed by atoms with Crippen LogP contribution in [0.2, 0.25) is 0 Å². The zero-order chi connectivity index (χ0) is 42.3. The van der Waals surface area contributed by atoms with Gasteiger partial charge in [-0.1, -0.05) is 141 Å². The molecule has 0 saturated heterocycles. The van der Waals surface area contributed by atoms with Crippen LogP contribution in [-0.2, 0) is 5.41 Å². The van der Waals surface area contributed by atoms with Crippen LogP contribution in [0.5, 0.6) is 0 Å². The minimum atomic E-state index is -0.140. The van der Waals surface area contributed by atoms with Crippen molar-refractivity contribution in [1.29, 1.82) is 0 Å². The molecule has 0 saturated carbocycles. The smallest absolute Gasteiger partial charge is 0.0553 e. The molecule has 0 radical (unpaired) electrons. The van der Waals surface area contributed by atoms with Gasteiger partial charge in [0.15, 0.2) is 0 Å². The van der Waals surface area contributed by atoms with E-state index in [1.807, 2.05) is 0 Å². The molecular formula is C61H41N3. The summed E-state index contributed by atoms with van der Waals surface area (Å²) in [4.78, 5) is 2.47. The van der Waals surface area contributed by atoms with Crippen molar-refractivity contribution in [2.24, 2.45) is 0 Å². The van der Waals surface area contributed by atoms with Crippen LogP contribution in [0.4, 0.5) is 17.1 Å². The third kappa shape index (κ3) is 4.81. The fourth-order valence-corrected chi connectivity index (χ4v) is 11.5. The highest BCUT2D eigenvalue weighted by molar-refractivity contribution is 6.33. The van der Waals surface area contributed by atoms with Crippen molar-refractivity contribution in [3.8, 4) is 22.5 Å². The lowest BCUT2D eigenvalue weighted by molar-refractivity contribution is 0.660. The number of hydrogen-bond acceptors (Lipinski definition) is 1. The van der Waals surface area contributed by atoms with Gasteiger partial charge < -0.3 is 14.0 Å². The van der Waals surface area contributed by atoms with Gasteiger partial charge in [0, 0.05) is 55.4 Å². The van der Waals surface area contributed by atoms with Gasteiger partial charge in [0.1, 0.15) is 0 Å². The van der Waals surface area contributed by atoms with Crippen LogP contribution in [0.1, 0.15) is 25.0 Å². The average molecular weight is 816 g/mol. The van der Waals surface area contributed by atoms with Gasteiger partial charge in [-0.25, -0.2) is 0 Å². The van der Waals surface area contributed by atoms with E-state index in [9.17, 15) is 0 Å². The van der Waals surface area contributed by atoms with E-state index in [0.29, 0.717) is 0 Å². The number of benzene rings is 11. The monoisotopic (exact) mass is 815 g/mol. The molecule has 0 atom stereocenters. The number of anilines is 3. The molecule has 0 unspecified atom stereocenters. The van der Waals surface area contributed by atoms with Crippen LogP contribution < -0.4 is 4.90 Å². The second-order valence-corrected chi connectivity index (χ2v) is 18.1. The molecule has 0 fully saturated rings. The summed E-state index contributed by atoms with van der Waals surface area (Å²) in [5.41, 5.74) is 15.7. The Morgan fingerprint density at radius 1 is 0.328 bits per heavy atom. The highest BCUT2D eigenvalue weighted by atomic mass is 15.1. The van der Waals surface area contributed by atoms with E-state index in [2.05, 4.69) is 240 Å². The minimum absolute atomic E-state index is 0.140. The summed E-state index contributed by atoms with van der Waals surface area (Å²) in [6.45, 7) is 4.74. The molecule has 300 valence electrons. The predicted octanol–water partition coefficient (Wildman–Crippen LogP) is 16.6. The first-order valence-electron chi connectivity index (χ1n) is 22.3. The van der Waals surface area contributed by atoms with E-state index >= 15 is 0 Å². The summed E-state index contributed by atoms with van der Waals surface area (Å²) in [7, 11) is 0. The lowest BCUT2D eigenvalue weighted by Gasteiger charge is -2.28. The minimum Gasteiger partial charge on any atom is -0.310 e. The van der Waals surface area contributed by atoms with Crippen molar-refractivity contribution in [3.05, 3.63) is 223 Å². The molecule has 14 rings (SSSR count). The highest BCUT2D eigenvalue weighted by Gasteiger charge is 2.36. The van der Waals surface area contributed by atoms with Crippen molar-refractivity contribution in [2.75, 3.05) is 4.90 Å². The van der Waals surface area contributed by atoms with Crippen LogP contribution in [0.3, 0.4) is 0 Å². The van der Waals surface area contributed by atoms with Crippen molar-refractivity contribution < 1.29 is 0 Å². The standard InChI is InChI=1S/C61H41N3/c1-61(2)52-20-9-6-17-46(52)47-33-30-45(37-53(47)61)62(42-26-28-43(29-27-42)63-54-21-10-7-18-48(54)49-19-8-11-22-55(49)63)44-31-34-56-51(36-44)60-50-32-25-39-14-12-13-38-23-24-40(59(50)58(38)39)35-57(60)64(56)41-15-4-3-5-16-41/h3-37H,1-2H3. The number of hydrogen-bond donors (Lipinski definition) is 0. The zero-order valence-electron chi connectivity index (χ0n) is 35.5. The maximum absolute atomic E-state index is 2.47. The van der Waals surface area contributed by atoms with Crippen molar-refractivity contribution in [1.82, 2.24) is 9.13 Å². The quantitative estimate of drug-likeness (QED) is 0.158. The second-order valence-electron chi connectivity index (χ2n) is 18.1. The number of para-hydroxylation sites is 3. The predicted molar refractivity (Wildman–Crippen MR) is 271 cm³/mol. The van der Waals surface area contributed by atoms with Gasteiger partial charge in [-0.2, -0.15) is 0 Å². The summed E-state index contributed by atoms with van der Waals surface area (Å²) in [6, 6.07) is 79.0. The number of fused-ring (bicyclic) bond motifs is 10. The first-order chi connectivity index (χ1) is 31.5. The number of aromatic nitrogens is 2. The van der Waals surface area contributed by atoms with Gasteiger partial charge in [-0.15, -0.1) is 0 Å². The zero-order valence-corrected chi connectivity index (χ0v) is 35.5. The van der Waals surface area contributed by atoms with Gasteiger partial charge in [-0.05, 0) is 140 Å². The first-order valence-corrected chi connectivity index (χ1v) is 22.3. The molecule has 3 heteroatoms. The molecule has 0 bridgehead atoms. The molecule has 64 heavy (non-hydrogen) atoms. The lowest BCUT2D eigenvalue weighted by Crippen LogP contribution is -2.16. The van der Waals surface area contributed by atoms with Crippen molar-refractivity contribution in [2.45, 2.75) is 19.3 Å². The first kappa shape index (κ1) is 35.5. The molecule has 0 N–H and O–H groups in total. The Balaban J connectivity index is 1.03. The summed E-state index contributed by atoms with van der Waals surface area (Å²) in [5, 5.41) is 12.8. The van der Waals surface area contributed by atoms with Crippen LogP contribution in [0, 0.1) is 0 Å². The SMILES string of the molecule is CC1(C)c2ccccc2-c2ccc(N(c3ccc(-n4c5ccccc5c5ccccc54)cc3)c3ccc4c(c3)c3c5ccc6cccc7ccc(cc3n4-c3ccccc3)c5c76)cc21. The molecule has 0 aliphatic heterocycles. The normalized spacial score (nSPS) is 13.3. The van der Waals surface area contributed by atoms with E-state index < -0.39 is 0 Å². The third-order valence-corrected chi connectivity index (χ3v) is 14.4. The maximum Gasteiger partial charge on any atom is 0.0553 e.